The van der Waals surface area contributed by atoms with Crippen LogP contribution in [0.4, 0.5) is 0 Å². The zero-order valence-electron chi connectivity index (χ0n) is 21.2. The van der Waals surface area contributed by atoms with Gasteiger partial charge in [-0.05, 0) is 47.7 Å². The summed E-state index contributed by atoms with van der Waals surface area (Å²) < 4.78 is 7.49. The third kappa shape index (κ3) is 3.83. The van der Waals surface area contributed by atoms with Gasteiger partial charge in [0.2, 0.25) is 0 Å². The number of aliphatic hydroxyl groups is 1. The van der Waals surface area contributed by atoms with E-state index in [1.807, 2.05) is 67.2 Å². The Morgan fingerprint density at radius 3 is 2.50 bits per heavy atom. The van der Waals surface area contributed by atoms with Crippen LogP contribution in [0, 0.1) is 6.92 Å². The molecule has 0 spiro atoms. The topological polar surface area (TPSA) is 75.7 Å². The number of carbonyl (C=O) groups excluding carboxylic acids is 2. The van der Waals surface area contributed by atoms with E-state index >= 15 is 0 Å². The van der Waals surface area contributed by atoms with Gasteiger partial charge in [-0.25, -0.2) is 0 Å². The molecular weight excluding hydrogens is 452 g/mol. The summed E-state index contributed by atoms with van der Waals surface area (Å²) in [6.45, 7) is 8.30. The average Bonchev–Trinajstić information content (AvgIpc) is 3.53. The normalized spacial score (nSPS) is 17.9. The molecule has 5 rings (SSSR count). The van der Waals surface area contributed by atoms with Gasteiger partial charge in [0.25, 0.3) is 11.7 Å². The second kappa shape index (κ2) is 8.55. The number of ketones is 1. The summed E-state index contributed by atoms with van der Waals surface area (Å²) in [5.41, 5.74) is 4.12. The van der Waals surface area contributed by atoms with Crippen LogP contribution in [0.2, 0.25) is 0 Å². The molecular formula is C30H30N2O4. The number of aryl methyl sites for hydroxylation is 2. The molecule has 0 radical (unpaired) electrons. The fourth-order valence-electron chi connectivity index (χ4n) is 5.02. The second-order valence-corrected chi connectivity index (χ2v) is 10.5. The van der Waals surface area contributed by atoms with Crippen molar-refractivity contribution in [1.82, 2.24) is 9.47 Å². The maximum absolute atomic E-state index is 13.5. The van der Waals surface area contributed by atoms with E-state index in [9.17, 15) is 14.7 Å². The largest absolute Gasteiger partial charge is 0.507 e. The molecule has 1 N–H and O–H groups in total. The molecule has 3 heterocycles. The standard InChI is InChI=1S/C30H30N2O4/c1-18-12-13-19(30(2,3)4)15-22(18)27(33)25-26(23-17-31(5)24-11-7-6-10-21(23)24)32(29(35)28(25)34)16-20-9-8-14-36-20/h6-15,17,26,33H,16H2,1-5H3/b27-25+. The molecule has 0 saturated carbocycles. The van der Waals surface area contributed by atoms with Crippen LogP contribution in [0.5, 0.6) is 0 Å². The molecule has 1 aliphatic rings. The highest BCUT2D eigenvalue weighted by atomic mass is 16.3. The highest BCUT2D eigenvalue weighted by molar-refractivity contribution is 6.46. The van der Waals surface area contributed by atoms with Gasteiger partial charge in [0.05, 0.1) is 24.4 Å². The van der Waals surface area contributed by atoms with Crippen molar-refractivity contribution in [2.45, 2.75) is 45.7 Å². The van der Waals surface area contributed by atoms with Gasteiger partial charge >= 0.3 is 0 Å². The number of amides is 1. The molecule has 1 fully saturated rings. The molecule has 2 aromatic carbocycles. The first-order valence-corrected chi connectivity index (χ1v) is 12.0. The summed E-state index contributed by atoms with van der Waals surface area (Å²) in [5, 5.41) is 12.6. The highest BCUT2D eigenvalue weighted by Crippen LogP contribution is 2.43. The van der Waals surface area contributed by atoms with Crippen LogP contribution in [0.3, 0.4) is 0 Å². The Hall–Kier alpha value is -4.06. The van der Waals surface area contributed by atoms with Crippen molar-refractivity contribution in [3.05, 3.63) is 101 Å². The number of furan rings is 1. The van der Waals surface area contributed by atoms with Crippen molar-refractivity contribution in [3.63, 3.8) is 0 Å². The van der Waals surface area contributed by atoms with Gasteiger partial charge in [-0.15, -0.1) is 0 Å². The number of aliphatic hydroxyl groups excluding tert-OH is 1. The molecule has 2 aromatic heterocycles. The van der Waals surface area contributed by atoms with Crippen LogP contribution >= 0.6 is 0 Å². The zero-order valence-corrected chi connectivity index (χ0v) is 21.2. The van der Waals surface area contributed by atoms with Crippen LogP contribution in [0.15, 0.2) is 77.0 Å². The number of likely N-dealkylation sites (tertiary alicyclic amines) is 1. The van der Waals surface area contributed by atoms with Crippen molar-refractivity contribution < 1.29 is 19.1 Å². The van der Waals surface area contributed by atoms with E-state index in [0.29, 0.717) is 11.3 Å². The molecule has 6 nitrogen and oxygen atoms in total. The van der Waals surface area contributed by atoms with Crippen LogP contribution in [0.25, 0.3) is 16.7 Å². The van der Waals surface area contributed by atoms with Crippen molar-refractivity contribution in [2.24, 2.45) is 7.05 Å². The van der Waals surface area contributed by atoms with E-state index in [4.69, 9.17) is 4.42 Å². The van der Waals surface area contributed by atoms with Crippen molar-refractivity contribution in [3.8, 4) is 0 Å². The lowest BCUT2D eigenvalue weighted by Crippen LogP contribution is -2.29. The first kappa shape index (κ1) is 23.7. The number of aromatic nitrogens is 1. The van der Waals surface area contributed by atoms with Crippen molar-refractivity contribution in [2.75, 3.05) is 0 Å². The molecule has 4 aromatic rings. The number of rotatable bonds is 4. The Morgan fingerprint density at radius 2 is 1.81 bits per heavy atom. The van der Waals surface area contributed by atoms with E-state index in [-0.39, 0.29) is 23.3 Å². The summed E-state index contributed by atoms with van der Waals surface area (Å²) in [6.07, 6.45) is 3.47. The van der Waals surface area contributed by atoms with Gasteiger partial charge in [0.1, 0.15) is 11.5 Å². The van der Waals surface area contributed by atoms with Crippen LogP contribution < -0.4 is 0 Å². The fraction of sp³-hybridized carbons (Fsp3) is 0.267. The highest BCUT2D eigenvalue weighted by Gasteiger charge is 2.47. The van der Waals surface area contributed by atoms with E-state index in [1.54, 1.807) is 18.4 Å². The molecule has 1 unspecified atom stereocenters. The SMILES string of the molecule is Cc1ccc(C(C)(C)C)cc1/C(O)=C1\C(=O)C(=O)N(Cc2ccco2)C1c1cn(C)c2ccccc12. The fourth-order valence-corrected chi connectivity index (χ4v) is 5.02. The Morgan fingerprint density at radius 1 is 1.06 bits per heavy atom. The smallest absolute Gasteiger partial charge is 0.296 e. The zero-order chi connectivity index (χ0) is 25.8. The molecule has 1 aliphatic heterocycles. The minimum atomic E-state index is -0.765. The van der Waals surface area contributed by atoms with Gasteiger partial charge in [-0.2, -0.15) is 0 Å². The molecule has 36 heavy (non-hydrogen) atoms. The maximum atomic E-state index is 13.5. The summed E-state index contributed by atoms with van der Waals surface area (Å²) in [7, 11) is 1.93. The number of benzene rings is 2. The van der Waals surface area contributed by atoms with E-state index in [0.717, 1.165) is 27.6 Å². The third-order valence-electron chi connectivity index (χ3n) is 7.03. The summed E-state index contributed by atoms with van der Waals surface area (Å²) in [6, 6.07) is 16.5. The molecule has 1 atom stereocenters. The second-order valence-electron chi connectivity index (χ2n) is 10.5. The summed E-state index contributed by atoms with van der Waals surface area (Å²) in [5.74, 6) is -0.946. The minimum Gasteiger partial charge on any atom is -0.507 e. The number of hydrogen-bond donors (Lipinski definition) is 1. The Labute approximate surface area is 210 Å². The molecule has 6 heteroatoms. The van der Waals surface area contributed by atoms with Crippen LogP contribution in [0.1, 0.15) is 54.8 Å². The molecule has 1 amide bonds. The van der Waals surface area contributed by atoms with Crippen LogP contribution in [-0.2, 0) is 28.6 Å². The molecule has 184 valence electrons. The monoisotopic (exact) mass is 482 g/mol. The predicted octanol–water partition coefficient (Wildman–Crippen LogP) is 6.00. The molecule has 0 bridgehead atoms. The average molecular weight is 483 g/mol. The summed E-state index contributed by atoms with van der Waals surface area (Å²) in [4.78, 5) is 28.4. The van der Waals surface area contributed by atoms with Gasteiger partial charge in [0.15, 0.2) is 0 Å². The Bertz CT molecular complexity index is 1520. The number of hydrogen-bond acceptors (Lipinski definition) is 4. The van der Waals surface area contributed by atoms with E-state index < -0.39 is 17.7 Å². The van der Waals surface area contributed by atoms with Gasteiger partial charge < -0.3 is 19.0 Å². The number of nitrogens with zero attached hydrogens (tertiary/aromatic N) is 2. The maximum Gasteiger partial charge on any atom is 0.296 e. The Kier molecular flexibility index (Phi) is 5.62. The number of carbonyl (C=O) groups is 2. The van der Waals surface area contributed by atoms with Crippen LogP contribution in [-0.4, -0.2) is 26.3 Å². The van der Waals surface area contributed by atoms with E-state index in [1.165, 1.54) is 4.90 Å². The first-order valence-electron chi connectivity index (χ1n) is 12.0. The summed E-state index contributed by atoms with van der Waals surface area (Å²) >= 11 is 0. The van der Waals surface area contributed by atoms with Gasteiger partial charge in [0, 0.05) is 35.3 Å². The first-order chi connectivity index (χ1) is 17.1. The number of fused-ring (bicyclic) bond motifs is 1. The lowest BCUT2D eigenvalue weighted by Gasteiger charge is -2.25. The molecule has 1 saturated heterocycles. The van der Waals surface area contributed by atoms with Gasteiger partial charge in [-0.3, -0.25) is 9.59 Å². The lowest BCUT2D eigenvalue weighted by molar-refractivity contribution is -0.140. The van der Waals surface area contributed by atoms with Crippen molar-refractivity contribution in [1.29, 1.82) is 0 Å². The Balaban J connectivity index is 1.76. The number of Topliss-reactive ketones (excluding diaryl/α,β-unsaturated/α-hetero) is 1. The van der Waals surface area contributed by atoms with E-state index in [2.05, 4.69) is 20.8 Å². The van der Waals surface area contributed by atoms with Crippen molar-refractivity contribution >= 4 is 28.4 Å². The predicted molar refractivity (Wildman–Crippen MR) is 139 cm³/mol. The number of para-hydroxylation sites is 1. The molecule has 0 aliphatic carbocycles. The quantitative estimate of drug-likeness (QED) is 0.220. The lowest BCUT2D eigenvalue weighted by atomic mass is 9.84. The minimum absolute atomic E-state index is 0.0945. The third-order valence-corrected chi connectivity index (χ3v) is 7.03. The van der Waals surface area contributed by atoms with Gasteiger partial charge in [-0.1, -0.05) is 51.1 Å².